The van der Waals surface area contributed by atoms with Crippen LogP contribution in [0.3, 0.4) is 0 Å². The summed E-state index contributed by atoms with van der Waals surface area (Å²) in [6, 6.07) is 0. The van der Waals surface area contributed by atoms with E-state index in [0.717, 1.165) is 38.0 Å². The molecule has 0 aromatic carbocycles. The van der Waals surface area contributed by atoms with Gasteiger partial charge in [-0.25, -0.2) is 0 Å². The predicted octanol–water partition coefficient (Wildman–Crippen LogP) is 3.13. The molecule has 0 aromatic rings. The fourth-order valence-electron chi connectivity index (χ4n) is 2.69. The maximum Gasteiger partial charge on any atom is 0.132 e. The van der Waals surface area contributed by atoms with E-state index in [4.69, 9.17) is 4.74 Å². The Morgan fingerprint density at radius 1 is 1.26 bits per heavy atom. The molecular formula is C16H31NO2. The van der Waals surface area contributed by atoms with E-state index in [9.17, 15) is 4.79 Å². The number of carbonyl (C=O) groups excluding carboxylic acids is 1. The molecule has 1 fully saturated rings. The van der Waals surface area contributed by atoms with E-state index < -0.39 is 0 Å². The zero-order valence-corrected chi connectivity index (χ0v) is 13.0. The summed E-state index contributed by atoms with van der Waals surface area (Å²) in [6.45, 7) is 11.6. The maximum atomic E-state index is 11.1. The van der Waals surface area contributed by atoms with Crippen molar-refractivity contribution in [3.63, 3.8) is 0 Å². The van der Waals surface area contributed by atoms with Crippen LogP contribution in [0.5, 0.6) is 0 Å². The van der Waals surface area contributed by atoms with Crippen LogP contribution in [0.4, 0.5) is 0 Å². The highest BCUT2D eigenvalue weighted by atomic mass is 16.5. The number of Topliss-reactive ketones (excluding diaryl/α,β-unsaturated/α-hetero) is 1. The first-order valence-electron chi connectivity index (χ1n) is 7.95. The number of ketones is 1. The smallest absolute Gasteiger partial charge is 0.132 e. The third-order valence-electron chi connectivity index (χ3n) is 4.27. The molecule has 3 heteroatoms. The topological polar surface area (TPSA) is 29.5 Å². The molecule has 0 radical (unpaired) electrons. The number of hydrogen-bond acceptors (Lipinski definition) is 3. The molecule has 0 saturated carbocycles. The first kappa shape index (κ1) is 16.6. The molecule has 1 saturated heterocycles. The Morgan fingerprint density at radius 3 is 2.53 bits per heavy atom. The molecule has 0 atom stereocenters. The normalized spacial score (nSPS) is 18.1. The SMILES string of the molecule is CCC(=O)CCCOCCN1CCC(C(C)C)CC1. The highest BCUT2D eigenvalue weighted by Crippen LogP contribution is 2.23. The van der Waals surface area contributed by atoms with Crippen molar-refractivity contribution in [3.8, 4) is 0 Å². The minimum absolute atomic E-state index is 0.347. The molecule has 1 heterocycles. The van der Waals surface area contributed by atoms with Crippen LogP contribution in [0.2, 0.25) is 0 Å². The maximum absolute atomic E-state index is 11.1. The lowest BCUT2D eigenvalue weighted by Gasteiger charge is -2.33. The standard InChI is InChI=1S/C16H31NO2/c1-4-16(18)6-5-12-19-13-11-17-9-7-15(8-10-17)14(2)3/h14-15H,4-13H2,1-3H3. The molecule has 1 rings (SSSR count). The Morgan fingerprint density at radius 2 is 1.95 bits per heavy atom. The molecule has 19 heavy (non-hydrogen) atoms. The van der Waals surface area contributed by atoms with Gasteiger partial charge in [-0.05, 0) is 44.2 Å². The average Bonchev–Trinajstić information content (AvgIpc) is 2.42. The van der Waals surface area contributed by atoms with Crippen LogP contribution < -0.4 is 0 Å². The van der Waals surface area contributed by atoms with Crippen molar-refractivity contribution in [2.24, 2.45) is 11.8 Å². The van der Waals surface area contributed by atoms with Crippen molar-refractivity contribution in [3.05, 3.63) is 0 Å². The van der Waals surface area contributed by atoms with Crippen molar-refractivity contribution in [2.75, 3.05) is 32.8 Å². The van der Waals surface area contributed by atoms with Gasteiger partial charge in [-0.15, -0.1) is 0 Å². The second kappa shape index (κ2) is 9.49. The molecule has 1 aliphatic rings. The van der Waals surface area contributed by atoms with E-state index in [1.807, 2.05) is 6.92 Å². The number of ether oxygens (including phenoxy) is 1. The van der Waals surface area contributed by atoms with Gasteiger partial charge in [0.05, 0.1) is 6.61 Å². The molecule has 112 valence electrons. The molecule has 3 nitrogen and oxygen atoms in total. The van der Waals surface area contributed by atoms with Crippen molar-refractivity contribution in [1.82, 2.24) is 4.90 Å². The Kier molecular flexibility index (Phi) is 8.31. The Balaban J connectivity index is 1.95. The molecule has 0 N–H and O–H groups in total. The van der Waals surface area contributed by atoms with Crippen LogP contribution in [0.15, 0.2) is 0 Å². The van der Waals surface area contributed by atoms with Crippen LogP contribution in [0, 0.1) is 11.8 Å². The second-order valence-electron chi connectivity index (χ2n) is 6.03. The molecule has 0 amide bonds. The number of hydrogen-bond donors (Lipinski definition) is 0. The first-order chi connectivity index (χ1) is 9.13. The lowest BCUT2D eigenvalue weighted by Crippen LogP contribution is -2.37. The fraction of sp³-hybridized carbons (Fsp3) is 0.938. The van der Waals surface area contributed by atoms with Crippen LogP contribution in [0.25, 0.3) is 0 Å². The van der Waals surface area contributed by atoms with E-state index >= 15 is 0 Å². The van der Waals surface area contributed by atoms with Gasteiger partial charge in [0.1, 0.15) is 5.78 Å². The van der Waals surface area contributed by atoms with Crippen LogP contribution in [0.1, 0.15) is 52.9 Å². The van der Waals surface area contributed by atoms with Gasteiger partial charge < -0.3 is 9.64 Å². The number of piperidine rings is 1. The lowest BCUT2D eigenvalue weighted by molar-refractivity contribution is -0.119. The van der Waals surface area contributed by atoms with Gasteiger partial charge in [-0.2, -0.15) is 0 Å². The molecule has 0 bridgehead atoms. The summed E-state index contributed by atoms with van der Waals surface area (Å²) in [5, 5.41) is 0. The molecule has 0 aliphatic carbocycles. The number of likely N-dealkylation sites (tertiary alicyclic amines) is 1. The Bertz CT molecular complexity index is 245. The lowest BCUT2D eigenvalue weighted by atomic mass is 9.87. The van der Waals surface area contributed by atoms with E-state index in [0.29, 0.717) is 18.6 Å². The number of nitrogens with zero attached hydrogens (tertiary/aromatic N) is 1. The fourth-order valence-corrected chi connectivity index (χ4v) is 2.69. The summed E-state index contributed by atoms with van der Waals surface area (Å²) in [4.78, 5) is 13.6. The quantitative estimate of drug-likeness (QED) is 0.602. The van der Waals surface area contributed by atoms with Gasteiger partial charge in [-0.3, -0.25) is 4.79 Å². The van der Waals surface area contributed by atoms with Gasteiger partial charge in [0.25, 0.3) is 0 Å². The largest absolute Gasteiger partial charge is 0.380 e. The van der Waals surface area contributed by atoms with E-state index in [1.165, 1.54) is 25.9 Å². The van der Waals surface area contributed by atoms with Gasteiger partial charge in [0, 0.05) is 26.0 Å². The van der Waals surface area contributed by atoms with Crippen LogP contribution in [-0.2, 0) is 9.53 Å². The summed E-state index contributed by atoms with van der Waals surface area (Å²) < 4.78 is 5.61. The molecular weight excluding hydrogens is 238 g/mol. The molecule has 0 aromatic heterocycles. The van der Waals surface area contributed by atoms with Gasteiger partial charge in [0.2, 0.25) is 0 Å². The van der Waals surface area contributed by atoms with E-state index in [1.54, 1.807) is 0 Å². The highest BCUT2D eigenvalue weighted by molar-refractivity contribution is 5.77. The monoisotopic (exact) mass is 269 g/mol. The Hall–Kier alpha value is -0.410. The summed E-state index contributed by atoms with van der Waals surface area (Å²) in [6.07, 6.45) is 4.88. The van der Waals surface area contributed by atoms with Gasteiger partial charge in [-0.1, -0.05) is 20.8 Å². The van der Waals surface area contributed by atoms with Crippen LogP contribution in [-0.4, -0.2) is 43.5 Å². The molecule has 0 spiro atoms. The van der Waals surface area contributed by atoms with Crippen LogP contribution >= 0.6 is 0 Å². The Labute approximate surface area is 118 Å². The summed E-state index contributed by atoms with van der Waals surface area (Å²) >= 11 is 0. The minimum Gasteiger partial charge on any atom is -0.380 e. The summed E-state index contributed by atoms with van der Waals surface area (Å²) in [5.41, 5.74) is 0. The third kappa shape index (κ3) is 7.07. The van der Waals surface area contributed by atoms with E-state index in [-0.39, 0.29) is 0 Å². The summed E-state index contributed by atoms with van der Waals surface area (Å²) in [7, 11) is 0. The third-order valence-corrected chi connectivity index (χ3v) is 4.27. The first-order valence-corrected chi connectivity index (χ1v) is 7.95. The number of rotatable bonds is 9. The van der Waals surface area contributed by atoms with Crippen molar-refractivity contribution >= 4 is 5.78 Å². The predicted molar refractivity (Wildman–Crippen MR) is 79.4 cm³/mol. The van der Waals surface area contributed by atoms with Crippen molar-refractivity contribution in [2.45, 2.75) is 52.9 Å². The second-order valence-corrected chi connectivity index (χ2v) is 6.03. The van der Waals surface area contributed by atoms with Crippen molar-refractivity contribution < 1.29 is 9.53 Å². The van der Waals surface area contributed by atoms with Crippen molar-refractivity contribution in [1.29, 1.82) is 0 Å². The van der Waals surface area contributed by atoms with Gasteiger partial charge >= 0.3 is 0 Å². The van der Waals surface area contributed by atoms with E-state index in [2.05, 4.69) is 18.7 Å². The summed E-state index contributed by atoms with van der Waals surface area (Å²) in [5.74, 6) is 2.09. The zero-order chi connectivity index (χ0) is 14.1. The molecule has 1 aliphatic heterocycles. The highest BCUT2D eigenvalue weighted by Gasteiger charge is 2.20. The average molecular weight is 269 g/mol. The molecule has 0 unspecified atom stereocenters. The number of carbonyl (C=O) groups is 1. The minimum atomic E-state index is 0.347. The zero-order valence-electron chi connectivity index (χ0n) is 13.0. The van der Waals surface area contributed by atoms with Gasteiger partial charge in [0.15, 0.2) is 0 Å².